The summed E-state index contributed by atoms with van der Waals surface area (Å²) in [4.78, 5) is 7.56. The summed E-state index contributed by atoms with van der Waals surface area (Å²) in [5.74, 6) is 0.994. The molecule has 3 aliphatic carbocycles. The highest BCUT2D eigenvalue weighted by molar-refractivity contribution is 7.87. The topological polar surface area (TPSA) is 108 Å². The van der Waals surface area contributed by atoms with Gasteiger partial charge in [-0.2, -0.15) is 17.4 Å². The monoisotopic (exact) mass is 401 g/mol. The van der Waals surface area contributed by atoms with Crippen molar-refractivity contribution < 1.29 is 8.42 Å². The molecule has 3 aromatic rings. The summed E-state index contributed by atoms with van der Waals surface area (Å²) in [5, 5.41) is 8.95. The van der Waals surface area contributed by atoms with Gasteiger partial charge in [0.2, 0.25) is 0 Å². The zero-order valence-electron chi connectivity index (χ0n) is 15.6. The van der Waals surface area contributed by atoms with Gasteiger partial charge in [0.1, 0.15) is 5.82 Å². The van der Waals surface area contributed by atoms with Crippen molar-refractivity contribution in [1.29, 1.82) is 0 Å². The average Bonchev–Trinajstić information content (AvgIpc) is 3.27. The van der Waals surface area contributed by atoms with Gasteiger partial charge >= 0.3 is 0 Å². The van der Waals surface area contributed by atoms with Gasteiger partial charge in [-0.3, -0.25) is 4.40 Å². The van der Waals surface area contributed by atoms with Crippen LogP contribution in [0.15, 0.2) is 18.5 Å². The molecule has 1 aliphatic heterocycles. The second kappa shape index (κ2) is 5.52. The van der Waals surface area contributed by atoms with E-state index in [-0.39, 0.29) is 11.0 Å². The van der Waals surface area contributed by atoms with Gasteiger partial charge in [0.25, 0.3) is 10.2 Å². The van der Waals surface area contributed by atoms with Crippen LogP contribution in [0.4, 0.5) is 0 Å². The minimum absolute atomic E-state index is 0.0467. The molecule has 1 saturated heterocycles. The summed E-state index contributed by atoms with van der Waals surface area (Å²) in [6.45, 7) is 1.28. The first kappa shape index (κ1) is 16.9. The molecule has 0 unspecified atom stereocenters. The van der Waals surface area contributed by atoms with Crippen molar-refractivity contribution >= 4 is 27.0 Å². The van der Waals surface area contributed by atoms with Crippen molar-refractivity contribution in [2.45, 2.75) is 55.9 Å². The maximum Gasteiger partial charge on any atom is 0.279 e. The fourth-order valence-electron chi connectivity index (χ4n) is 5.26. The lowest BCUT2D eigenvalue weighted by atomic mass is 9.57. The van der Waals surface area contributed by atoms with E-state index in [0.29, 0.717) is 13.1 Å². The predicted molar refractivity (Wildman–Crippen MR) is 103 cm³/mol. The maximum atomic E-state index is 12.6. The van der Waals surface area contributed by atoms with Crippen LogP contribution in [-0.2, 0) is 15.6 Å². The molecule has 4 heterocycles. The van der Waals surface area contributed by atoms with Crippen molar-refractivity contribution in [2.75, 3.05) is 13.1 Å². The molecule has 7 rings (SSSR count). The van der Waals surface area contributed by atoms with E-state index in [0.717, 1.165) is 67.6 Å². The zero-order valence-corrected chi connectivity index (χ0v) is 16.4. The first-order chi connectivity index (χ1) is 13.5. The molecular formula is C18H23N7O2S. The van der Waals surface area contributed by atoms with Crippen LogP contribution in [0, 0.1) is 0 Å². The molecule has 3 saturated carbocycles. The van der Waals surface area contributed by atoms with E-state index in [2.05, 4.69) is 29.3 Å². The van der Waals surface area contributed by atoms with Gasteiger partial charge in [0, 0.05) is 30.2 Å². The second-order valence-electron chi connectivity index (χ2n) is 8.61. The first-order valence-corrected chi connectivity index (χ1v) is 11.4. The van der Waals surface area contributed by atoms with Gasteiger partial charge in [-0.25, -0.2) is 4.98 Å². The van der Waals surface area contributed by atoms with Crippen LogP contribution in [0.3, 0.4) is 0 Å². The van der Waals surface area contributed by atoms with Crippen LogP contribution >= 0.6 is 0 Å². The lowest BCUT2D eigenvalue weighted by Gasteiger charge is -2.53. The van der Waals surface area contributed by atoms with E-state index in [4.69, 9.17) is 0 Å². The van der Waals surface area contributed by atoms with E-state index in [9.17, 15) is 8.42 Å². The number of hydrogen-bond donors (Lipinski definition) is 2. The highest BCUT2D eigenvalue weighted by Crippen LogP contribution is 2.53. The molecule has 28 heavy (non-hydrogen) atoms. The van der Waals surface area contributed by atoms with Gasteiger partial charge in [0.15, 0.2) is 11.3 Å². The highest BCUT2D eigenvalue weighted by Gasteiger charge is 2.53. The quantitative estimate of drug-likeness (QED) is 0.689. The predicted octanol–water partition coefficient (Wildman–Crippen LogP) is 1.49. The van der Waals surface area contributed by atoms with Crippen LogP contribution in [0.5, 0.6) is 0 Å². The number of hydrogen-bond acceptors (Lipinski definition) is 5. The minimum atomic E-state index is -3.36. The number of nitrogens with zero attached hydrogens (tertiary/aromatic N) is 5. The molecule has 4 fully saturated rings. The van der Waals surface area contributed by atoms with Crippen LogP contribution in [0.1, 0.15) is 50.8 Å². The normalized spacial score (nSPS) is 30.9. The van der Waals surface area contributed by atoms with Crippen molar-refractivity contribution in [1.82, 2.24) is 33.6 Å². The molecule has 9 nitrogen and oxygen atoms in total. The largest absolute Gasteiger partial charge is 0.345 e. The second-order valence-corrected chi connectivity index (χ2v) is 10.3. The Kier molecular flexibility index (Phi) is 3.33. The van der Waals surface area contributed by atoms with E-state index in [1.54, 1.807) is 10.5 Å². The summed E-state index contributed by atoms with van der Waals surface area (Å²) in [6.07, 6.45) is 9.89. The van der Waals surface area contributed by atoms with Crippen LogP contribution in [0.25, 0.3) is 16.8 Å². The van der Waals surface area contributed by atoms with Crippen molar-refractivity contribution in [3.05, 3.63) is 24.3 Å². The minimum Gasteiger partial charge on any atom is -0.345 e. The molecule has 0 aromatic carbocycles. The average molecular weight is 401 g/mol. The summed E-state index contributed by atoms with van der Waals surface area (Å²) in [5.41, 5.74) is 2.23. The van der Waals surface area contributed by atoms with Crippen molar-refractivity contribution in [2.24, 2.45) is 0 Å². The van der Waals surface area contributed by atoms with Crippen LogP contribution in [0.2, 0.25) is 0 Å². The van der Waals surface area contributed by atoms with Gasteiger partial charge in [-0.15, -0.1) is 10.2 Å². The Morgan fingerprint density at radius 2 is 1.82 bits per heavy atom. The number of rotatable bonds is 4. The Labute approximate surface area is 162 Å². The summed E-state index contributed by atoms with van der Waals surface area (Å²) in [6, 6.07) is 2.01. The number of aromatic amines is 1. The SMILES string of the molecule is O=S(=O)(NC12CCC(c3nnc4cnc5[nH]ccc5n34)(CC1)CC2)N1CCC1. The van der Waals surface area contributed by atoms with Gasteiger partial charge in [-0.05, 0) is 51.0 Å². The standard InChI is InChI=1S/C18H23N7O2S/c26-28(27,24-10-1-11-24)23-18-6-3-17(4-7-18,5-8-18)16-22-21-14-12-20-15-13(25(14)16)2-9-19-15/h2,9,12,19,23H,1,3-8,10-11H2. The summed E-state index contributed by atoms with van der Waals surface area (Å²) >= 11 is 0. The maximum absolute atomic E-state index is 12.6. The molecule has 2 N–H and O–H groups in total. The molecule has 3 aromatic heterocycles. The number of fused-ring (bicyclic) bond motifs is 6. The van der Waals surface area contributed by atoms with Crippen LogP contribution in [-0.4, -0.2) is 55.9 Å². The van der Waals surface area contributed by atoms with Crippen LogP contribution < -0.4 is 4.72 Å². The van der Waals surface area contributed by atoms with Crippen molar-refractivity contribution in [3.63, 3.8) is 0 Å². The molecular weight excluding hydrogens is 378 g/mol. The molecule has 0 atom stereocenters. The number of H-pyrrole nitrogens is 1. The Balaban J connectivity index is 1.33. The molecule has 4 aliphatic rings. The lowest BCUT2D eigenvalue weighted by Crippen LogP contribution is -2.61. The number of aromatic nitrogens is 5. The fourth-order valence-corrected chi connectivity index (χ4v) is 6.98. The smallest absolute Gasteiger partial charge is 0.279 e. The fraction of sp³-hybridized carbons (Fsp3) is 0.611. The highest BCUT2D eigenvalue weighted by atomic mass is 32.2. The molecule has 10 heteroatoms. The molecule has 0 radical (unpaired) electrons. The molecule has 0 amide bonds. The summed E-state index contributed by atoms with van der Waals surface area (Å²) < 4.78 is 32.0. The Hall–Kier alpha value is -2.04. The number of nitrogens with one attached hydrogen (secondary N) is 2. The van der Waals surface area contributed by atoms with E-state index < -0.39 is 10.2 Å². The molecule has 2 bridgehead atoms. The Morgan fingerprint density at radius 1 is 1.07 bits per heavy atom. The van der Waals surface area contributed by atoms with E-state index in [1.165, 1.54) is 0 Å². The molecule has 148 valence electrons. The first-order valence-electron chi connectivity index (χ1n) is 9.97. The Bertz CT molecular complexity index is 1150. The van der Waals surface area contributed by atoms with E-state index >= 15 is 0 Å². The van der Waals surface area contributed by atoms with Crippen molar-refractivity contribution in [3.8, 4) is 0 Å². The van der Waals surface area contributed by atoms with Gasteiger partial charge < -0.3 is 4.98 Å². The third kappa shape index (κ3) is 2.25. The zero-order chi connectivity index (χ0) is 19.0. The summed E-state index contributed by atoms with van der Waals surface area (Å²) in [7, 11) is -3.36. The third-order valence-corrected chi connectivity index (χ3v) is 8.90. The van der Waals surface area contributed by atoms with Gasteiger partial charge in [0.05, 0.1) is 11.7 Å². The molecule has 0 spiro atoms. The Morgan fingerprint density at radius 3 is 2.50 bits per heavy atom. The van der Waals surface area contributed by atoms with E-state index in [1.807, 2.05) is 12.3 Å². The lowest BCUT2D eigenvalue weighted by molar-refractivity contribution is 0.0860. The third-order valence-electron chi connectivity index (χ3n) is 7.16. The van der Waals surface area contributed by atoms with Gasteiger partial charge in [-0.1, -0.05) is 0 Å².